The molecule has 1 unspecified atom stereocenters. The Bertz CT molecular complexity index is 794. The number of nitrogens with zero attached hydrogens (tertiary/aromatic N) is 2. The fourth-order valence-electron chi connectivity index (χ4n) is 2.28. The van der Waals surface area contributed by atoms with Crippen LogP contribution in [0.25, 0.3) is 0 Å². The fraction of sp³-hybridized carbons (Fsp3) is 0.188. The summed E-state index contributed by atoms with van der Waals surface area (Å²) in [6.07, 6.45) is 0.238. The van der Waals surface area contributed by atoms with Crippen LogP contribution < -0.4 is 5.32 Å². The molecule has 0 bridgehead atoms. The normalized spacial score (nSPS) is 11.4. The van der Waals surface area contributed by atoms with Crippen LogP contribution in [0.5, 0.6) is 0 Å². The smallest absolute Gasteiger partial charge is 0.328 e. The second kappa shape index (κ2) is 7.86. The summed E-state index contributed by atoms with van der Waals surface area (Å²) in [4.78, 5) is 32.5. The van der Waals surface area contributed by atoms with Crippen LogP contribution in [0.15, 0.2) is 48.5 Å². The van der Waals surface area contributed by atoms with Crippen molar-refractivity contribution in [2.75, 3.05) is 12.4 Å². The Labute approximate surface area is 142 Å². The summed E-state index contributed by atoms with van der Waals surface area (Å²) in [6.45, 7) is 0. The highest BCUT2D eigenvalue weighted by atomic mass is 16.6. The highest BCUT2D eigenvalue weighted by molar-refractivity contribution is 5.81. The number of benzene rings is 2. The zero-order chi connectivity index (χ0) is 18.4. The third-order valence-corrected chi connectivity index (χ3v) is 3.49. The van der Waals surface area contributed by atoms with Crippen LogP contribution >= 0.6 is 0 Å². The third-order valence-electron chi connectivity index (χ3n) is 3.49. The highest BCUT2D eigenvalue weighted by Gasteiger charge is 2.25. The number of carbonyl (C=O) groups is 1. The minimum absolute atomic E-state index is 0.00179. The lowest BCUT2D eigenvalue weighted by Gasteiger charge is -2.17. The quantitative estimate of drug-likeness (QED) is 0.464. The van der Waals surface area contributed by atoms with Crippen molar-refractivity contribution in [2.45, 2.75) is 12.5 Å². The fourth-order valence-corrected chi connectivity index (χ4v) is 2.28. The van der Waals surface area contributed by atoms with Crippen LogP contribution in [-0.2, 0) is 16.0 Å². The number of esters is 1. The second-order valence-electron chi connectivity index (χ2n) is 5.13. The van der Waals surface area contributed by atoms with Gasteiger partial charge in [-0.05, 0) is 11.6 Å². The largest absolute Gasteiger partial charge is 0.467 e. The first kappa shape index (κ1) is 17.9. The van der Waals surface area contributed by atoms with Gasteiger partial charge in [-0.25, -0.2) is 4.79 Å². The zero-order valence-electron chi connectivity index (χ0n) is 13.2. The van der Waals surface area contributed by atoms with Gasteiger partial charge in [0.25, 0.3) is 11.4 Å². The van der Waals surface area contributed by atoms with Gasteiger partial charge < -0.3 is 10.1 Å². The van der Waals surface area contributed by atoms with Crippen molar-refractivity contribution >= 4 is 23.0 Å². The maximum atomic E-state index is 12.0. The van der Waals surface area contributed by atoms with E-state index >= 15 is 0 Å². The monoisotopic (exact) mass is 345 g/mol. The SMILES string of the molecule is COC(=O)C(Cc1ccccc1)Nc1ccc([N+](=O)[O-])cc1[N+](=O)[O-]. The molecule has 2 rings (SSSR count). The van der Waals surface area contributed by atoms with E-state index < -0.39 is 33.2 Å². The number of nitrogens with one attached hydrogen (secondary N) is 1. The van der Waals surface area contributed by atoms with Crippen LogP contribution in [0.4, 0.5) is 17.1 Å². The molecule has 1 atom stereocenters. The summed E-state index contributed by atoms with van der Waals surface area (Å²) in [5.41, 5.74) is -0.0667. The van der Waals surface area contributed by atoms with E-state index in [1.165, 1.54) is 13.2 Å². The second-order valence-corrected chi connectivity index (χ2v) is 5.13. The summed E-state index contributed by atoms with van der Waals surface area (Å²) in [5, 5.41) is 24.8. The van der Waals surface area contributed by atoms with E-state index in [-0.39, 0.29) is 12.1 Å². The lowest BCUT2D eigenvalue weighted by molar-refractivity contribution is -0.393. The number of hydrogen-bond acceptors (Lipinski definition) is 7. The van der Waals surface area contributed by atoms with Gasteiger partial charge in [-0.3, -0.25) is 20.2 Å². The van der Waals surface area contributed by atoms with E-state index in [4.69, 9.17) is 4.74 Å². The molecule has 0 heterocycles. The predicted molar refractivity (Wildman–Crippen MR) is 89.3 cm³/mol. The third kappa shape index (κ3) is 4.50. The van der Waals surface area contributed by atoms with Crippen molar-refractivity contribution in [1.82, 2.24) is 0 Å². The summed E-state index contributed by atoms with van der Waals surface area (Å²) in [7, 11) is 1.21. The van der Waals surface area contributed by atoms with Crippen molar-refractivity contribution < 1.29 is 19.4 Å². The van der Waals surface area contributed by atoms with Gasteiger partial charge in [-0.15, -0.1) is 0 Å². The van der Waals surface area contributed by atoms with Gasteiger partial charge in [-0.2, -0.15) is 0 Å². The molecule has 130 valence electrons. The lowest BCUT2D eigenvalue weighted by Crippen LogP contribution is -2.33. The van der Waals surface area contributed by atoms with Crippen molar-refractivity contribution in [3.05, 3.63) is 74.3 Å². The van der Waals surface area contributed by atoms with E-state index in [1.54, 1.807) is 12.1 Å². The number of carbonyl (C=O) groups excluding carboxylic acids is 1. The van der Waals surface area contributed by atoms with Crippen LogP contribution in [0.3, 0.4) is 0 Å². The number of hydrogen-bond donors (Lipinski definition) is 1. The summed E-state index contributed by atoms with van der Waals surface area (Å²) < 4.78 is 4.74. The minimum atomic E-state index is -0.882. The molecular formula is C16H15N3O6. The average molecular weight is 345 g/mol. The number of rotatable bonds is 7. The van der Waals surface area contributed by atoms with Gasteiger partial charge in [0.05, 0.1) is 23.0 Å². The van der Waals surface area contributed by atoms with E-state index in [0.717, 1.165) is 17.7 Å². The van der Waals surface area contributed by atoms with Gasteiger partial charge >= 0.3 is 5.97 Å². The summed E-state index contributed by atoms with van der Waals surface area (Å²) in [5.74, 6) is -0.600. The molecule has 25 heavy (non-hydrogen) atoms. The summed E-state index contributed by atoms with van der Waals surface area (Å²) in [6, 6.07) is 11.3. The molecule has 0 saturated carbocycles. The van der Waals surface area contributed by atoms with Crippen LogP contribution in [0.2, 0.25) is 0 Å². The molecule has 1 N–H and O–H groups in total. The zero-order valence-corrected chi connectivity index (χ0v) is 13.2. The molecule has 9 heteroatoms. The van der Waals surface area contributed by atoms with Crippen LogP contribution in [0, 0.1) is 20.2 Å². The molecule has 9 nitrogen and oxygen atoms in total. The van der Waals surface area contributed by atoms with Gasteiger partial charge in [0, 0.05) is 12.5 Å². The van der Waals surface area contributed by atoms with E-state index in [2.05, 4.69) is 5.32 Å². The van der Waals surface area contributed by atoms with E-state index in [1.807, 2.05) is 18.2 Å². The number of nitro benzene ring substituents is 2. The van der Waals surface area contributed by atoms with Gasteiger partial charge in [0.15, 0.2) is 0 Å². The molecule has 0 aliphatic heterocycles. The van der Waals surface area contributed by atoms with Gasteiger partial charge in [0.1, 0.15) is 11.7 Å². The Kier molecular flexibility index (Phi) is 5.62. The number of non-ortho nitro benzene ring substituents is 1. The first-order valence-electron chi connectivity index (χ1n) is 7.23. The first-order valence-corrected chi connectivity index (χ1v) is 7.23. The highest BCUT2D eigenvalue weighted by Crippen LogP contribution is 2.29. The number of nitro groups is 2. The maximum Gasteiger partial charge on any atom is 0.328 e. The molecule has 0 amide bonds. The van der Waals surface area contributed by atoms with Gasteiger partial charge in [0.2, 0.25) is 0 Å². The molecule has 0 aliphatic carbocycles. The van der Waals surface area contributed by atoms with Crippen LogP contribution in [0.1, 0.15) is 5.56 Å². The number of methoxy groups -OCH3 is 1. The molecule has 2 aromatic carbocycles. The number of anilines is 1. The maximum absolute atomic E-state index is 12.0. The Balaban J connectivity index is 2.33. The average Bonchev–Trinajstić information content (AvgIpc) is 2.61. The molecule has 0 radical (unpaired) electrons. The van der Waals surface area contributed by atoms with E-state index in [0.29, 0.717) is 0 Å². The minimum Gasteiger partial charge on any atom is -0.467 e. The van der Waals surface area contributed by atoms with Gasteiger partial charge in [-0.1, -0.05) is 30.3 Å². The van der Waals surface area contributed by atoms with Crippen molar-refractivity contribution in [3.63, 3.8) is 0 Å². The summed E-state index contributed by atoms with van der Waals surface area (Å²) >= 11 is 0. The molecule has 0 spiro atoms. The molecule has 0 saturated heterocycles. The first-order chi connectivity index (χ1) is 11.9. The Morgan fingerprint density at radius 2 is 1.80 bits per heavy atom. The van der Waals surface area contributed by atoms with E-state index in [9.17, 15) is 25.0 Å². The topological polar surface area (TPSA) is 125 Å². The standard InChI is InChI=1S/C16H15N3O6/c1-25-16(20)14(9-11-5-3-2-4-6-11)17-13-8-7-12(18(21)22)10-15(13)19(23)24/h2-8,10,14,17H,9H2,1H3. The van der Waals surface area contributed by atoms with Crippen LogP contribution in [-0.4, -0.2) is 29.0 Å². The molecule has 0 aliphatic rings. The van der Waals surface area contributed by atoms with Crippen molar-refractivity contribution in [1.29, 1.82) is 0 Å². The molecule has 2 aromatic rings. The Morgan fingerprint density at radius 1 is 1.12 bits per heavy atom. The molecule has 0 aromatic heterocycles. The lowest BCUT2D eigenvalue weighted by atomic mass is 10.1. The molecule has 0 fully saturated rings. The van der Waals surface area contributed by atoms with Crippen molar-refractivity contribution in [3.8, 4) is 0 Å². The predicted octanol–water partition coefficient (Wildman–Crippen LogP) is 2.70. The van der Waals surface area contributed by atoms with Crippen molar-refractivity contribution in [2.24, 2.45) is 0 Å². The number of ether oxygens (including phenoxy) is 1. The molecular weight excluding hydrogens is 330 g/mol. The Morgan fingerprint density at radius 3 is 2.36 bits per heavy atom. The Hall–Kier alpha value is -3.49.